The molecule has 140 valence electrons. The molecule has 0 bridgehead atoms. The highest BCUT2D eigenvalue weighted by atomic mass is 16.5. The Morgan fingerprint density at radius 2 is 1.88 bits per heavy atom. The molecule has 1 saturated heterocycles. The average molecular weight is 348 g/mol. The summed E-state index contributed by atoms with van der Waals surface area (Å²) in [6, 6.07) is 3.73. The van der Waals surface area contributed by atoms with Gasteiger partial charge in [0.2, 0.25) is 0 Å². The number of amides is 1. The van der Waals surface area contributed by atoms with Gasteiger partial charge < -0.3 is 20.1 Å². The zero-order valence-corrected chi connectivity index (χ0v) is 16.0. The maximum Gasteiger partial charge on any atom is 0.251 e. The van der Waals surface area contributed by atoms with E-state index in [4.69, 9.17) is 4.74 Å². The van der Waals surface area contributed by atoms with E-state index in [0.29, 0.717) is 31.6 Å². The largest absolute Gasteiger partial charge is 0.493 e. The van der Waals surface area contributed by atoms with Crippen LogP contribution in [0, 0.1) is 13.8 Å². The lowest BCUT2D eigenvalue weighted by molar-refractivity contribution is -0.0135. The number of ether oxygens (including phenoxy) is 1. The number of likely N-dealkylation sites (tertiary alicyclic amines) is 1. The van der Waals surface area contributed by atoms with Gasteiger partial charge in [-0.25, -0.2) is 0 Å². The van der Waals surface area contributed by atoms with E-state index in [1.165, 1.54) is 0 Å². The molecule has 2 rings (SSSR count). The molecule has 0 atom stereocenters. The molecule has 5 heteroatoms. The van der Waals surface area contributed by atoms with E-state index < -0.39 is 5.60 Å². The third-order valence-corrected chi connectivity index (χ3v) is 4.96. The lowest BCUT2D eigenvalue weighted by Gasteiger charge is -2.36. The molecule has 0 aromatic heterocycles. The molecule has 1 aliphatic heterocycles. The molecular formula is C20H32N2O3. The summed E-state index contributed by atoms with van der Waals surface area (Å²) >= 11 is 0. The lowest BCUT2D eigenvalue weighted by Crippen LogP contribution is -2.50. The number of carbonyl (C=O) groups excluding carboxylic acids is 1. The predicted octanol–water partition coefficient (Wildman–Crippen LogP) is 2.67. The smallest absolute Gasteiger partial charge is 0.251 e. The maximum atomic E-state index is 12.5. The van der Waals surface area contributed by atoms with Crippen LogP contribution in [0.2, 0.25) is 0 Å². The number of hydrogen-bond acceptors (Lipinski definition) is 4. The predicted molar refractivity (Wildman–Crippen MR) is 100 cm³/mol. The minimum Gasteiger partial charge on any atom is -0.493 e. The second-order valence-corrected chi connectivity index (χ2v) is 7.35. The van der Waals surface area contributed by atoms with Gasteiger partial charge in [0.05, 0.1) is 12.2 Å². The summed E-state index contributed by atoms with van der Waals surface area (Å²) in [5, 5.41) is 13.5. The van der Waals surface area contributed by atoms with Crippen molar-refractivity contribution in [3.05, 3.63) is 28.8 Å². The quantitative estimate of drug-likeness (QED) is 0.744. The van der Waals surface area contributed by atoms with E-state index in [0.717, 1.165) is 42.8 Å². The van der Waals surface area contributed by atoms with Crippen LogP contribution in [0.5, 0.6) is 5.75 Å². The van der Waals surface area contributed by atoms with Gasteiger partial charge in [-0.2, -0.15) is 0 Å². The molecular weight excluding hydrogens is 316 g/mol. The highest BCUT2D eigenvalue weighted by Crippen LogP contribution is 2.25. The van der Waals surface area contributed by atoms with E-state index in [-0.39, 0.29) is 5.91 Å². The van der Waals surface area contributed by atoms with Gasteiger partial charge in [0.25, 0.3) is 5.91 Å². The zero-order valence-electron chi connectivity index (χ0n) is 16.0. The number of aryl methyl sites for hydroxylation is 2. The fourth-order valence-electron chi connectivity index (χ4n) is 3.19. The standard InChI is InChI=1S/C20H32N2O3/c1-5-6-11-25-18-15(2)12-17(13-16(18)3)19(23)21-14-20(24)7-9-22(4)10-8-20/h12-13,24H,5-11,14H2,1-4H3,(H,21,23). The Kier molecular flexibility index (Phi) is 6.85. The van der Waals surface area contributed by atoms with Crippen molar-refractivity contribution in [3.63, 3.8) is 0 Å². The highest BCUT2D eigenvalue weighted by Gasteiger charge is 2.31. The van der Waals surface area contributed by atoms with Crippen molar-refractivity contribution in [2.75, 3.05) is 33.3 Å². The number of nitrogens with zero attached hydrogens (tertiary/aromatic N) is 1. The van der Waals surface area contributed by atoms with E-state index >= 15 is 0 Å². The van der Waals surface area contributed by atoms with Crippen molar-refractivity contribution < 1.29 is 14.6 Å². The summed E-state index contributed by atoms with van der Waals surface area (Å²) in [4.78, 5) is 14.7. The van der Waals surface area contributed by atoms with Gasteiger partial charge in [-0.15, -0.1) is 0 Å². The van der Waals surface area contributed by atoms with E-state index in [1.807, 2.05) is 33.0 Å². The minimum absolute atomic E-state index is 0.140. The van der Waals surface area contributed by atoms with E-state index in [9.17, 15) is 9.90 Å². The highest BCUT2D eigenvalue weighted by molar-refractivity contribution is 5.95. The normalized spacial score (nSPS) is 17.3. The summed E-state index contributed by atoms with van der Waals surface area (Å²) in [6.07, 6.45) is 3.49. The first kappa shape index (κ1) is 19.7. The first-order valence-corrected chi connectivity index (χ1v) is 9.28. The van der Waals surface area contributed by atoms with Gasteiger partial charge in [-0.05, 0) is 63.4 Å². The van der Waals surface area contributed by atoms with Crippen molar-refractivity contribution >= 4 is 5.91 Å². The molecule has 1 aromatic carbocycles. The van der Waals surface area contributed by atoms with Crippen molar-refractivity contribution in [1.29, 1.82) is 0 Å². The van der Waals surface area contributed by atoms with Crippen LogP contribution in [0.1, 0.15) is 54.1 Å². The molecule has 25 heavy (non-hydrogen) atoms. The summed E-state index contributed by atoms with van der Waals surface area (Å²) in [5.74, 6) is 0.734. The molecule has 1 aliphatic rings. The Morgan fingerprint density at radius 3 is 2.44 bits per heavy atom. The van der Waals surface area contributed by atoms with Crippen LogP contribution in [0.25, 0.3) is 0 Å². The summed E-state index contributed by atoms with van der Waals surface area (Å²) in [6.45, 7) is 8.78. The SMILES string of the molecule is CCCCOc1c(C)cc(C(=O)NCC2(O)CCN(C)CC2)cc1C. The van der Waals surface area contributed by atoms with Gasteiger partial charge in [0.15, 0.2) is 0 Å². The Hall–Kier alpha value is -1.59. The van der Waals surface area contributed by atoms with Gasteiger partial charge in [0, 0.05) is 25.2 Å². The maximum absolute atomic E-state index is 12.5. The molecule has 0 unspecified atom stereocenters. The lowest BCUT2D eigenvalue weighted by atomic mass is 9.91. The summed E-state index contributed by atoms with van der Waals surface area (Å²) in [5.41, 5.74) is 1.77. The molecule has 1 amide bonds. The molecule has 0 saturated carbocycles. The number of benzene rings is 1. The molecule has 1 aromatic rings. The van der Waals surface area contributed by atoms with Gasteiger partial charge in [0.1, 0.15) is 5.75 Å². The Balaban J connectivity index is 1.97. The number of hydrogen-bond donors (Lipinski definition) is 2. The molecule has 2 N–H and O–H groups in total. The Morgan fingerprint density at radius 1 is 1.28 bits per heavy atom. The third kappa shape index (κ3) is 5.44. The van der Waals surface area contributed by atoms with E-state index in [2.05, 4.69) is 17.1 Å². The number of aliphatic hydroxyl groups is 1. The molecule has 1 fully saturated rings. The van der Waals surface area contributed by atoms with Crippen molar-refractivity contribution in [2.24, 2.45) is 0 Å². The van der Waals surface area contributed by atoms with Gasteiger partial charge in [-0.1, -0.05) is 13.3 Å². The van der Waals surface area contributed by atoms with Gasteiger partial charge >= 0.3 is 0 Å². The van der Waals surface area contributed by atoms with Crippen LogP contribution in [0.15, 0.2) is 12.1 Å². The monoisotopic (exact) mass is 348 g/mol. The average Bonchev–Trinajstić information content (AvgIpc) is 2.58. The zero-order chi connectivity index (χ0) is 18.4. The van der Waals surface area contributed by atoms with Crippen LogP contribution in [-0.4, -0.2) is 54.8 Å². The number of piperidine rings is 1. The first-order chi connectivity index (χ1) is 11.8. The Labute approximate surface area is 151 Å². The number of carbonyl (C=O) groups is 1. The molecule has 1 heterocycles. The molecule has 0 aliphatic carbocycles. The van der Waals surface area contributed by atoms with Crippen LogP contribution in [0.3, 0.4) is 0 Å². The van der Waals surface area contributed by atoms with Crippen molar-refractivity contribution in [2.45, 2.75) is 52.1 Å². The summed E-state index contributed by atoms with van der Waals surface area (Å²) in [7, 11) is 2.05. The second kappa shape index (κ2) is 8.68. The van der Waals surface area contributed by atoms with Crippen molar-refractivity contribution in [3.8, 4) is 5.75 Å². The van der Waals surface area contributed by atoms with Gasteiger partial charge in [-0.3, -0.25) is 4.79 Å². The third-order valence-electron chi connectivity index (χ3n) is 4.96. The van der Waals surface area contributed by atoms with E-state index in [1.54, 1.807) is 0 Å². The van der Waals surface area contributed by atoms with Crippen LogP contribution >= 0.6 is 0 Å². The number of unbranched alkanes of at least 4 members (excludes halogenated alkanes) is 1. The first-order valence-electron chi connectivity index (χ1n) is 9.28. The van der Waals surface area contributed by atoms with Crippen LogP contribution < -0.4 is 10.1 Å². The molecule has 0 radical (unpaired) electrons. The second-order valence-electron chi connectivity index (χ2n) is 7.35. The van der Waals surface area contributed by atoms with Crippen LogP contribution in [0.4, 0.5) is 0 Å². The number of rotatable bonds is 7. The topological polar surface area (TPSA) is 61.8 Å². The Bertz CT molecular complexity index is 570. The summed E-state index contributed by atoms with van der Waals surface area (Å²) < 4.78 is 5.85. The van der Waals surface area contributed by atoms with Crippen LogP contribution in [-0.2, 0) is 0 Å². The fraction of sp³-hybridized carbons (Fsp3) is 0.650. The van der Waals surface area contributed by atoms with Crippen molar-refractivity contribution in [1.82, 2.24) is 10.2 Å². The fourth-order valence-corrected chi connectivity index (χ4v) is 3.19. The molecule has 5 nitrogen and oxygen atoms in total. The molecule has 0 spiro atoms. The number of nitrogens with one attached hydrogen (secondary N) is 1. The minimum atomic E-state index is -0.796.